The van der Waals surface area contributed by atoms with E-state index in [1.54, 1.807) is 12.1 Å². The molecule has 1 aliphatic rings. The van der Waals surface area contributed by atoms with Crippen molar-refractivity contribution in [2.24, 2.45) is 0 Å². The van der Waals surface area contributed by atoms with Gasteiger partial charge in [-0.2, -0.15) is 0 Å². The SMILES string of the molecule is CCc1ccc(CC)c(CNC(=O)C2CN(S(C)(=O)=O)c3cc(C)ccc3O2)c1. The summed E-state index contributed by atoms with van der Waals surface area (Å²) in [5.74, 6) is 0.0727. The average Bonchev–Trinajstić information content (AvgIpc) is 2.70. The van der Waals surface area contributed by atoms with Crippen LogP contribution in [-0.4, -0.2) is 33.2 Å². The highest BCUT2D eigenvalue weighted by Gasteiger charge is 2.35. The van der Waals surface area contributed by atoms with Crippen LogP contribution in [0.25, 0.3) is 0 Å². The minimum absolute atomic E-state index is 0.0449. The van der Waals surface area contributed by atoms with Gasteiger partial charge in [0, 0.05) is 6.54 Å². The third-order valence-corrected chi connectivity index (χ3v) is 6.34. The van der Waals surface area contributed by atoms with E-state index < -0.39 is 16.1 Å². The molecule has 0 radical (unpaired) electrons. The Morgan fingerprint density at radius 1 is 1.14 bits per heavy atom. The van der Waals surface area contributed by atoms with E-state index in [0.717, 1.165) is 30.2 Å². The Hall–Kier alpha value is -2.54. The molecule has 1 heterocycles. The number of fused-ring (bicyclic) bond motifs is 1. The van der Waals surface area contributed by atoms with Gasteiger partial charge < -0.3 is 10.1 Å². The predicted molar refractivity (Wildman–Crippen MR) is 115 cm³/mol. The van der Waals surface area contributed by atoms with E-state index in [1.165, 1.54) is 15.4 Å². The van der Waals surface area contributed by atoms with Crippen molar-refractivity contribution in [2.45, 2.75) is 46.3 Å². The molecule has 156 valence electrons. The van der Waals surface area contributed by atoms with Gasteiger partial charge in [-0.15, -0.1) is 0 Å². The number of rotatable bonds is 6. The van der Waals surface area contributed by atoms with Crippen LogP contribution in [0.1, 0.15) is 36.1 Å². The standard InChI is InChI=1S/C22H28N2O4S/c1-5-16-8-9-17(6-2)18(12-16)13-23-22(25)21-14-24(29(4,26)27)19-11-15(3)7-10-20(19)28-21/h7-12,21H,5-6,13-14H2,1-4H3,(H,23,25). The number of nitrogens with one attached hydrogen (secondary N) is 1. The fourth-order valence-electron chi connectivity index (χ4n) is 3.52. The van der Waals surface area contributed by atoms with Crippen molar-refractivity contribution in [3.63, 3.8) is 0 Å². The first-order valence-electron chi connectivity index (χ1n) is 9.86. The van der Waals surface area contributed by atoms with E-state index in [0.29, 0.717) is 18.0 Å². The lowest BCUT2D eigenvalue weighted by molar-refractivity contribution is -0.127. The van der Waals surface area contributed by atoms with Crippen molar-refractivity contribution >= 4 is 21.6 Å². The van der Waals surface area contributed by atoms with E-state index in [2.05, 4.69) is 37.4 Å². The van der Waals surface area contributed by atoms with Crippen LogP contribution in [0.5, 0.6) is 5.75 Å². The van der Waals surface area contributed by atoms with Gasteiger partial charge in [-0.1, -0.05) is 38.1 Å². The summed E-state index contributed by atoms with van der Waals surface area (Å²) in [5, 5.41) is 2.92. The third-order valence-electron chi connectivity index (χ3n) is 5.19. The number of ether oxygens (including phenoxy) is 1. The summed E-state index contributed by atoms with van der Waals surface area (Å²) >= 11 is 0. The maximum Gasteiger partial charge on any atom is 0.263 e. The number of anilines is 1. The smallest absolute Gasteiger partial charge is 0.263 e. The Morgan fingerprint density at radius 3 is 2.55 bits per heavy atom. The number of carbonyl (C=O) groups excluding carboxylic acids is 1. The second-order valence-electron chi connectivity index (χ2n) is 7.40. The highest BCUT2D eigenvalue weighted by Crippen LogP contribution is 2.35. The van der Waals surface area contributed by atoms with Gasteiger partial charge in [0.2, 0.25) is 10.0 Å². The minimum Gasteiger partial charge on any atom is -0.476 e. The van der Waals surface area contributed by atoms with E-state index in [4.69, 9.17) is 4.74 Å². The van der Waals surface area contributed by atoms with E-state index in [-0.39, 0.29) is 12.5 Å². The van der Waals surface area contributed by atoms with Crippen molar-refractivity contribution in [2.75, 3.05) is 17.1 Å². The quantitative estimate of drug-likeness (QED) is 0.786. The van der Waals surface area contributed by atoms with E-state index in [1.807, 2.05) is 13.0 Å². The minimum atomic E-state index is -3.54. The van der Waals surface area contributed by atoms with Gasteiger partial charge in [0.25, 0.3) is 5.91 Å². The van der Waals surface area contributed by atoms with Gasteiger partial charge in [-0.05, 0) is 54.2 Å². The van der Waals surface area contributed by atoms with Crippen molar-refractivity contribution in [3.05, 3.63) is 58.7 Å². The number of nitrogens with zero attached hydrogens (tertiary/aromatic N) is 1. The van der Waals surface area contributed by atoms with E-state index >= 15 is 0 Å². The number of aryl methyl sites for hydroxylation is 3. The van der Waals surface area contributed by atoms with Crippen LogP contribution in [-0.2, 0) is 34.2 Å². The second kappa shape index (κ2) is 8.45. The summed E-state index contributed by atoms with van der Waals surface area (Å²) in [6.45, 7) is 6.40. The van der Waals surface area contributed by atoms with Crippen LogP contribution in [0.3, 0.4) is 0 Å². The Bertz CT molecular complexity index is 1020. The molecule has 0 bridgehead atoms. The summed E-state index contributed by atoms with van der Waals surface area (Å²) in [4.78, 5) is 12.8. The lowest BCUT2D eigenvalue weighted by atomic mass is 10.0. The maximum absolute atomic E-state index is 12.8. The molecule has 2 aromatic carbocycles. The molecule has 0 aliphatic carbocycles. The molecule has 0 fully saturated rings. The number of benzene rings is 2. The summed E-state index contributed by atoms with van der Waals surface area (Å²) in [6, 6.07) is 11.6. The molecule has 1 unspecified atom stereocenters. The normalized spacial score (nSPS) is 16.1. The second-order valence-corrected chi connectivity index (χ2v) is 9.31. The van der Waals surface area contributed by atoms with Crippen LogP contribution < -0.4 is 14.4 Å². The highest BCUT2D eigenvalue weighted by atomic mass is 32.2. The molecule has 0 saturated heterocycles. The van der Waals surface area contributed by atoms with E-state index in [9.17, 15) is 13.2 Å². The van der Waals surface area contributed by atoms with Crippen LogP contribution in [0.4, 0.5) is 5.69 Å². The summed E-state index contributed by atoms with van der Waals surface area (Å²) in [7, 11) is -3.54. The molecular weight excluding hydrogens is 388 g/mol. The van der Waals surface area contributed by atoms with Crippen molar-refractivity contribution in [1.82, 2.24) is 5.32 Å². The fourth-order valence-corrected chi connectivity index (χ4v) is 4.42. The third kappa shape index (κ3) is 4.72. The average molecular weight is 417 g/mol. The van der Waals surface area contributed by atoms with Crippen LogP contribution in [0, 0.1) is 6.92 Å². The molecule has 1 aliphatic heterocycles. The number of hydrogen-bond donors (Lipinski definition) is 1. The Kier molecular flexibility index (Phi) is 6.17. The molecule has 0 spiro atoms. The monoisotopic (exact) mass is 416 g/mol. The highest BCUT2D eigenvalue weighted by molar-refractivity contribution is 7.92. The molecule has 0 aromatic heterocycles. The first-order chi connectivity index (χ1) is 13.7. The molecule has 0 saturated carbocycles. The van der Waals surface area contributed by atoms with Crippen LogP contribution >= 0.6 is 0 Å². The first-order valence-corrected chi connectivity index (χ1v) is 11.7. The van der Waals surface area contributed by atoms with Crippen molar-refractivity contribution < 1.29 is 17.9 Å². The largest absolute Gasteiger partial charge is 0.476 e. The van der Waals surface area contributed by atoms with Gasteiger partial charge in [0.05, 0.1) is 18.5 Å². The number of hydrogen-bond acceptors (Lipinski definition) is 4. The van der Waals surface area contributed by atoms with Crippen molar-refractivity contribution in [3.8, 4) is 5.75 Å². The van der Waals surface area contributed by atoms with Gasteiger partial charge >= 0.3 is 0 Å². The lowest BCUT2D eigenvalue weighted by Gasteiger charge is -2.34. The molecule has 1 N–H and O–H groups in total. The van der Waals surface area contributed by atoms with Gasteiger partial charge in [-0.25, -0.2) is 8.42 Å². The Morgan fingerprint density at radius 2 is 1.90 bits per heavy atom. The fraction of sp³-hybridized carbons (Fsp3) is 0.409. The zero-order valence-corrected chi connectivity index (χ0v) is 18.2. The van der Waals surface area contributed by atoms with Crippen LogP contribution in [0.15, 0.2) is 36.4 Å². The first kappa shape index (κ1) is 21.2. The molecule has 1 amide bonds. The van der Waals surface area contributed by atoms with Gasteiger partial charge in [-0.3, -0.25) is 9.10 Å². The summed E-state index contributed by atoms with van der Waals surface area (Å²) in [6.07, 6.45) is 2.04. The zero-order chi connectivity index (χ0) is 21.2. The van der Waals surface area contributed by atoms with Crippen LogP contribution in [0.2, 0.25) is 0 Å². The molecule has 2 aromatic rings. The summed E-state index contributed by atoms with van der Waals surface area (Å²) in [5.41, 5.74) is 4.87. The predicted octanol–water partition coefficient (Wildman–Crippen LogP) is 2.96. The molecule has 29 heavy (non-hydrogen) atoms. The topological polar surface area (TPSA) is 75.7 Å². The molecule has 1 atom stereocenters. The van der Waals surface area contributed by atoms with Gasteiger partial charge in [0.1, 0.15) is 5.75 Å². The Labute approximate surface area is 172 Å². The molecule has 7 heteroatoms. The van der Waals surface area contributed by atoms with Crippen molar-refractivity contribution in [1.29, 1.82) is 0 Å². The maximum atomic E-state index is 12.8. The Balaban J connectivity index is 1.79. The lowest BCUT2D eigenvalue weighted by Crippen LogP contribution is -2.50. The number of carbonyl (C=O) groups is 1. The molecular formula is C22H28N2O4S. The molecule has 6 nitrogen and oxygen atoms in total. The molecule has 3 rings (SSSR count). The number of sulfonamides is 1. The number of amides is 1. The summed E-state index contributed by atoms with van der Waals surface area (Å²) < 4.78 is 31.7. The van der Waals surface area contributed by atoms with Gasteiger partial charge in [0.15, 0.2) is 6.10 Å². The zero-order valence-electron chi connectivity index (χ0n) is 17.4.